The zero-order chi connectivity index (χ0) is 27.6. The third kappa shape index (κ3) is 11.7. The van der Waals surface area contributed by atoms with Crippen molar-refractivity contribution >= 4 is 32.0 Å². The number of thioether (sulfide) groups is 1. The standard InChI is InChI=1S/C27H51NO5SSi/c1-13-19(4)24(33-35(11,12)27(7,8)9)21(6)23(32-17-34-10)15-14-20(5)25(29)28-22(26(30)31)16-18(2)3/h13-14,18,21-24H,15-17H2,1-12H3,(H,28,29)(H,30,31)/b19-13+,20-14+. The average Bonchev–Trinajstić information content (AvgIpc) is 2.74. The molecule has 0 fully saturated rings. The smallest absolute Gasteiger partial charge is 0.326 e. The molecule has 0 bridgehead atoms. The Morgan fingerprint density at radius 3 is 2.14 bits per heavy atom. The van der Waals surface area contributed by atoms with Gasteiger partial charge in [0.15, 0.2) is 8.32 Å². The summed E-state index contributed by atoms with van der Waals surface area (Å²) in [5.74, 6) is -0.591. The lowest BCUT2D eigenvalue weighted by Crippen LogP contribution is -2.47. The van der Waals surface area contributed by atoms with Gasteiger partial charge in [0.05, 0.1) is 18.1 Å². The molecule has 8 heteroatoms. The molecule has 1 amide bonds. The van der Waals surface area contributed by atoms with Crippen LogP contribution in [0.15, 0.2) is 23.3 Å². The van der Waals surface area contributed by atoms with Crippen LogP contribution in [-0.4, -0.2) is 55.7 Å². The minimum absolute atomic E-state index is 0.0623. The fourth-order valence-corrected chi connectivity index (χ4v) is 5.11. The largest absolute Gasteiger partial charge is 0.480 e. The first-order chi connectivity index (χ1) is 16.0. The molecule has 0 radical (unpaired) electrons. The highest BCUT2D eigenvalue weighted by Gasteiger charge is 2.41. The van der Waals surface area contributed by atoms with Crippen molar-refractivity contribution in [1.29, 1.82) is 0 Å². The van der Waals surface area contributed by atoms with Gasteiger partial charge in [0, 0.05) is 11.5 Å². The Morgan fingerprint density at radius 2 is 1.71 bits per heavy atom. The van der Waals surface area contributed by atoms with E-state index in [1.165, 1.54) is 5.57 Å². The summed E-state index contributed by atoms with van der Waals surface area (Å²) in [6.45, 7) is 23.1. The maximum atomic E-state index is 12.7. The lowest BCUT2D eigenvalue weighted by Gasteiger charge is -2.42. The summed E-state index contributed by atoms with van der Waals surface area (Å²) in [5.41, 5.74) is 1.67. The number of carbonyl (C=O) groups is 2. The van der Waals surface area contributed by atoms with Gasteiger partial charge in [-0.15, -0.1) is 11.8 Å². The van der Waals surface area contributed by atoms with Gasteiger partial charge in [-0.3, -0.25) is 4.79 Å². The van der Waals surface area contributed by atoms with E-state index in [1.54, 1.807) is 18.7 Å². The molecular formula is C27H51NO5SSi. The van der Waals surface area contributed by atoms with E-state index in [-0.39, 0.29) is 35.0 Å². The Bertz CT molecular complexity index is 742. The van der Waals surface area contributed by atoms with Gasteiger partial charge in [-0.05, 0) is 69.5 Å². The van der Waals surface area contributed by atoms with Gasteiger partial charge < -0.3 is 19.6 Å². The van der Waals surface area contributed by atoms with Crippen LogP contribution in [0.25, 0.3) is 0 Å². The number of rotatable bonds is 15. The molecule has 0 aliphatic carbocycles. The van der Waals surface area contributed by atoms with E-state index in [1.807, 2.05) is 33.1 Å². The molecule has 0 aliphatic heterocycles. The van der Waals surface area contributed by atoms with Gasteiger partial charge in [-0.25, -0.2) is 4.79 Å². The summed E-state index contributed by atoms with van der Waals surface area (Å²) in [4.78, 5) is 24.3. The van der Waals surface area contributed by atoms with Crippen LogP contribution < -0.4 is 5.32 Å². The van der Waals surface area contributed by atoms with Crippen molar-refractivity contribution < 1.29 is 23.9 Å². The van der Waals surface area contributed by atoms with Crippen LogP contribution in [0.4, 0.5) is 0 Å². The van der Waals surface area contributed by atoms with Gasteiger partial charge >= 0.3 is 5.97 Å². The molecule has 6 nitrogen and oxygen atoms in total. The van der Waals surface area contributed by atoms with Gasteiger partial charge in [0.1, 0.15) is 6.04 Å². The molecule has 0 spiro atoms. The molecule has 204 valence electrons. The number of amides is 1. The number of allylic oxidation sites excluding steroid dienone is 1. The van der Waals surface area contributed by atoms with Crippen LogP contribution in [0.3, 0.4) is 0 Å². The average molecular weight is 530 g/mol. The number of hydrogen-bond acceptors (Lipinski definition) is 5. The van der Waals surface area contributed by atoms with E-state index in [2.05, 4.69) is 59.1 Å². The van der Waals surface area contributed by atoms with Crippen molar-refractivity contribution in [3.8, 4) is 0 Å². The monoisotopic (exact) mass is 529 g/mol. The summed E-state index contributed by atoms with van der Waals surface area (Å²) in [6.07, 6.45) is 6.66. The number of hydrogen-bond donors (Lipinski definition) is 2. The SMILES string of the molecule is C/C=C(\C)C(O[Si](C)(C)C(C)(C)C)C(C)C(C/C=C(\C)C(=O)NC(CC(C)C)C(=O)O)OCSC. The maximum absolute atomic E-state index is 12.7. The quantitative estimate of drug-likeness (QED) is 0.107. The third-order valence-electron chi connectivity index (χ3n) is 6.92. The van der Waals surface area contributed by atoms with Crippen molar-refractivity contribution in [2.45, 2.75) is 112 Å². The highest BCUT2D eigenvalue weighted by atomic mass is 32.2. The first kappa shape index (κ1) is 33.9. The van der Waals surface area contributed by atoms with Crippen molar-refractivity contribution in [2.75, 3.05) is 12.2 Å². The van der Waals surface area contributed by atoms with E-state index in [9.17, 15) is 14.7 Å². The Hall–Kier alpha value is -1.09. The minimum Gasteiger partial charge on any atom is -0.480 e. The number of carboxylic acid groups (broad SMARTS) is 1. The number of carboxylic acids is 1. The molecule has 0 saturated heterocycles. The fourth-order valence-electron chi connectivity index (χ4n) is 3.41. The molecule has 35 heavy (non-hydrogen) atoms. The molecule has 0 saturated carbocycles. The van der Waals surface area contributed by atoms with Crippen molar-refractivity contribution in [3.63, 3.8) is 0 Å². The number of ether oxygens (including phenoxy) is 1. The second-order valence-corrected chi connectivity index (χ2v) is 17.0. The van der Waals surface area contributed by atoms with Crippen molar-refractivity contribution in [2.24, 2.45) is 11.8 Å². The van der Waals surface area contributed by atoms with E-state index < -0.39 is 20.3 Å². The van der Waals surface area contributed by atoms with Crippen LogP contribution in [0, 0.1) is 11.8 Å². The van der Waals surface area contributed by atoms with Crippen LogP contribution in [0.5, 0.6) is 0 Å². The highest BCUT2D eigenvalue weighted by molar-refractivity contribution is 7.98. The summed E-state index contributed by atoms with van der Waals surface area (Å²) >= 11 is 1.61. The predicted molar refractivity (Wildman–Crippen MR) is 151 cm³/mol. The van der Waals surface area contributed by atoms with Crippen LogP contribution in [0.1, 0.15) is 75.2 Å². The third-order valence-corrected chi connectivity index (χ3v) is 11.7. The molecular weight excluding hydrogens is 478 g/mol. The summed E-state index contributed by atoms with van der Waals surface area (Å²) in [5, 5.41) is 12.2. The Labute approximate surface area is 219 Å². The Morgan fingerprint density at radius 1 is 1.14 bits per heavy atom. The minimum atomic E-state index is -2.03. The Kier molecular flexibility index (Phi) is 14.8. The van der Waals surface area contributed by atoms with Gasteiger partial charge in [-0.2, -0.15) is 0 Å². The number of carbonyl (C=O) groups excluding carboxylic acids is 1. The molecule has 0 aromatic heterocycles. The molecule has 4 unspecified atom stereocenters. The highest BCUT2D eigenvalue weighted by Crippen LogP contribution is 2.40. The van der Waals surface area contributed by atoms with Gasteiger partial charge in [0.25, 0.3) is 0 Å². The zero-order valence-electron chi connectivity index (χ0n) is 24.2. The molecule has 0 aliphatic rings. The normalized spacial score (nSPS) is 17.2. The molecule has 0 aromatic rings. The number of aliphatic carboxylic acids is 1. The molecule has 0 rings (SSSR count). The maximum Gasteiger partial charge on any atom is 0.326 e. The summed E-state index contributed by atoms with van der Waals surface area (Å²) in [7, 11) is -2.03. The zero-order valence-corrected chi connectivity index (χ0v) is 26.0. The topological polar surface area (TPSA) is 84.9 Å². The second kappa shape index (κ2) is 15.2. The fraction of sp³-hybridized carbons (Fsp3) is 0.778. The van der Waals surface area contributed by atoms with Gasteiger partial charge in [-0.1, -0.05) is 53.7 Å². The lowest BCUT2D eigenvalue weighted by molar-refractivity contribution is -0.141. The van der Waals surface area contributed by atoms with E-state index in [4.69, 9.17) is 9.16 Å². The number of nitrogens with one attached hydrogen (secondary N) is 1. The molecule has 0 aromatic carbocycles. The molecule has 0 heterocycles. The summed E-state index contributed by atoms with van der Waals surface area (Å²) in [6, 6.07) is -0.895. The van der Waals surface area contributed by atoms with Crippen LogP contribution >= 0.6 is 11.8 Å². The van der Waals surface area contributed by atoms with E-state index >= 15 is 0 Å². The first-order valence-corrected chi connectivity index (χ1v) is 16.9. The van der Waals surface area contributed by atoms with Gasteiger partial charge in [0.2, 0.25) is 5.91 Å². The summed E-state index contributed by atoms with van der Waals surface area (Å²) < 4.78 is 13.1. The van der Waals surface area contributed by atoms with E-state index in [0.29, 0.717) is 24.4 Å². The van der Waals surface area contributed by atoms with E-state index in [0.717, 1.165) is 0 Å². The second-order valence-electron chi connectivity index (χ2n) is 11.4. The first-order valence-electron chi connectivity index (χ1n) is 12.6. The van der Waals surface area contributed by atoms with Crippen molar-refractivity contribution in [1.82, 2.24) is 5.32 Å². The molecule has 4 atom stereocenters. The molecule has 2 N–H and O–H groups in total. The lowest BCUT2D eigenvalue weighted by atomic mass is 9.90. The van der Waals surface area contributed by atoms with Crippen LogP contribution in [0.2, 0.25) is 18.1 Å². The predicted octanol–water partition coefficient (Wildman–Crippen LogP) is 6.64. The van der Waals surface area contributed by atoms with Crippen molar-refractivity contribution in [3.05, 3.63) is 23.3 Å². The van der Waals surface area contributed by atoms with Crippen LogP contribution in [-0.2, 0) is 18.8 Å². The Balaban J connectivity index is 5.77.